The molecule has 1 saturated heterocycles. The Morgan fingerprint density at radius 2 is 2.30 bits per heavy atom. The number of hydrogen-bond donors (Lipinski definition) is 1. The highest BCUT2D eigenvalue weighted by Crippen LogP contribution is 2.35. The summed E-state index contributed by atoms with van der Waals surface area (Å²) in [7, 11) is 0. The summed E-state index contributed by atoms with van der Waals surface area (Å²) in [5.74, 6) is 0. The Kier molecular flexibility index (Phi) is 4.18. The molecule has 2 aliphatic rings. The van der Waals surface area contributed by atoms with E-state index < -0.39 is 0 Å². The Bertz CT molecular complexity index is 493. The summed E-state index contributed by atoms with van der Waals surface area (Å²) in [6.07, 6.45) is 3.66. The van der Waals surface area contributed by atoms with Gasteiger partial charge in [0.25, 0.3) is 0 Å². The predicted molar refractivity (Wildman–Crippen MR) is 84.9 cm³/mol. The van der Waals surface area contributed by atoms with Crippen molar-refractivity contribution in [2.24, 2.45) is 5.73 Å². The number of fused-ring (bicyclic) bond motifs is 1. The lowest BCUT2D eigenvalue weighted by Crippen LogP contribution is -2.61. The molecule has 3 nitrogen and oxygen atoms in total. The van der Waals surface area contributed by atoms with Crippen molar-refractivity contribution in [2.75, 3.05) is 26.2 Å². The highest BCUT2D eigenvalue weighted by molar-refractivity contribution is 9.10. The van der Waals surface area contributed by atoms with Gasteiger partial charge in [-0.25, -0.2) is 0 Å². The molecule has 0 bridgehead atoms. The fourth-order valence-corrected chi connectivity index (χ4v) is 4.04. The van der Waals surface area contributed by atoms with Crippen molar-refractivity contribution < 1.29 is 4.74 Å². The summed E-state index contributed by atoms with van der Waals surface area (Å²) in [6.45, 7) is 5.73. The highest BCUT2D eigenvalue weighted by atomic mass is 79.9. The second-order valence-corrected chi connectivity index (χ2v) is 7.06. The van der Waals surface area contributed by atoms with Crippen molar-refractivity contribution >= 4 is 15.9 Å². The Morgan fingerprint density at radius 1 is 1.45 bits per heavy atom. The molecule has 0 spiro atoms. The third kappa shape index (κ3) is 2.67. The van der Waals surface area contributed by atoms with Crippen LogP contribution in [0.15, 0.2) is 22.7 Å². The van der Waals surface area contributed by atoms with E-state index in [1.807, 2.05) is 0 Å². The molecule has 0 saturated carbocycles. The first-order valence-electron chi connectivity index (χ1n) is 7.47. The number of morpholine rings is 1. The maximum atomic E-state index is 6.21. The maximum absolute atomic E-state index is 6.21. The van der Waals surface area contributed by atoms with Crippen LogP contribution in [0.3, 0.4) is 0 Å². The monoisotopic (exact) mass is 338 g/mol. The van der Waals surface area contributed by atoms with Crippen LogP contribution in [-0.4, -0.2) is 42.8 Å². The summed E-state index contributed by atoms with van der Waals surface area (Å²) in [4.78, 5) is 2.58. The van der Waals surface area contributed by atoms with Gasteiger partial charge in [0.2, 0.25) is 0 Å². The number of halogens is 1. The van der Waals surface area contributed by atoms with Crippen molar-refractivity contribution in [1.82, 2.24) is 4.90 Å². The number of benzene rings is 1. The van der Waals surface area contributed by atoms with Crippen LogP contribution in [0.5, 0.6) is 0 Å². The molecule has 20 heavy (non-hydrogen) atoms. The van der Waals surface area contributed by atoms with Crippen LogP contribution in [-0.2, 0) is 17.6 Å². The van der Waals surface area contributed by atoms with Gasteiger partial charge < -0.3 is 10.5 Å². The zero-order valence-corrected chi connectivity index (χ0v) is 13.7. The molecule has 1 heterocycles. The van der Waals surface area contributed by atoms with Gasteiger partial charge in [0.05, 0.1) is 12.7 Å². The van der Waals surface area contributed by atoms with Crippen molar-refractivity contribution in [3.63, 3.8) is 0 Å². The molecule has 4 heteroatoms. The molecule has 110 valence electrons. The van der Waals surface area contributed by atoms with Crippen LogP contribution in [0, 0.1) is 0 Å². The molecular weight excluding hydrogens is 316 g/mol. The molecular formula is C16H23BrN2O. The molecule has 3 rings (SSSR count). The van der Waals surface area contributed by atoms with Crippen LogP contribution in [0.4, 0.5) is 0 Å². The van der Waals surface area contributed by atoms with Crippen molar-refractivity contribution in [3.05, 3.63) is 33.8 Å². The number of rotatable bonds is 2. The number of nitrogens with two attached hydrogens (primary N) is 1. The van der Waals surface area contributed by atoms with Gasteiger partial charge in [0, 0.05) is 29.6 Å². The Hall–Kier alpha value is -0.420. The van der Waals surface area contributed by atoms with Gasteiger partial charge in [-0.2, -0.15) is 0 Å². The average molecular weight is 339 g/mol. The predicted octanol–water partition coefficient (Wildman–Crippen LogP) is 2.36. The SMILES string of the molecule is CC1CN(C2(CN)CCc3cc(Br)ccc3C2)CCO1. The van der Waals surface area contributed by atoms with Crippen LogP contribution in [0.2, 0.25) is 0 Å². The van der Waals surface area contributed by atoms with E-state index in [0.717, 1.165) is 45.5 Å². The van der Waals surface area contributed by atoms with Gasteiger partial charge in [-0.15, -0.1) is 0 Å². The third-order valence-corrected chi connectivity index (χ3v) is 5.33. The Balaban J connectivity index is 1.85. The quantitative estimate of drug-likeness (QED) is 0.899. The first-order valence-corrected chi connectivity index (χ1v) is 8.26. The van der Waals surface area contributed by atoms with Crippen molar-refractivity contribution in [2.45, 2.75) is 37.8 Å². The van der Waals surface area contributed by atoms with E-state index in [4.69, 9.17) is 10.5 Å². The smallest absolute Gasteiger partial charge is 0.0674 e. The van der Waals surface area contributed by atoms with Crippen LogP contribution in [0.25, 0.3) is 0 Å². The fraction of sp³-hybridized carbons (Fsp3) is 0.625. The first kappa shape index (κ1) is 14.5. The van der Waals surface area contributed by atoms with Crippen LogP contribution < -0.4 is 5.73 Å². The molecule has 2 atom stereocenters. The molecule has 1 aliphatic heterocycles. The lowest BCUT2D eigenvalue weighted by molar-refractivity contribution is -0.0643. The minimum absolute atomic E-state index is 0.124. The van der Waals surface area contributed by atoms with E-state index >= 15 is 0 Å². The number of aryl methyl sites for hydroxylation is 1. The van der Waals surface area contributed by atoms with E-state index in [1.165, 1.54) is 15.6 Å². The average Bonchev–Trinajstić information content (AvgIpc) is 2.47. The van der Waals surface area contributed by atoms with Gasteiger partial charge in [0.15, 0.2) is 0 Å². The number of hydrogen-bond acceptors (Lipinski definition) is 3. The summed E-state index contributed by atoms with van der Waals surface area (Å²) in [6, 6.07) is 6.66. The summed E-state index contributed by atoms with van der Waals surface area (Å²) < 4.78 is 6.86. The maximum Gasteiger partial charge on any atom is 0.0674 e. The van der Waals surface area contributed by atoms with Gasteiger partial charge in [-0.1, -0.05) is 22.0 Å². The fourth-order valence-electron chi connectivity index (χ4n) is 3.63. The Morgan fingerprint density at radius 3 is 3.05 bits per heavy atom. The van der Waals surface area contributed by atoms with Gasteiger partial charge >= 0.3 is 0 Å². The van der Waals surface area contributed by atoms with Crippen LogP contribution >= 0.6 is 15.9 Å². The zero-order chi connectivity index (χ0) is 14.2. The minimum Gasteiger partial charge on any atom is -0.376 e. The lowest BCUT2D eigenvalue weighted by atomic mass is 9.76. The van der Waals surface area contributed by atoms with Crippen LogP contribution in [0.1, 0.15) is 24.5 Å². The summed E-state index contributed by atoms with van der Waals surface area (Å²) >= 11 is 3.57. The number of nitrogens with zero attached hydrogens (tertiary/aromatic N) is 1. The molecule has 1 aromatic rings. The van der Waals surface area contributed by atoms with E-state index in [-0.39, 0.29) is 5.54 Å². The topological polar surface area (TPSA) is 38.5 Å². The van der Waals surface area contributed by atoms with E-state index in [0.29, 0.717) is 6.10 Å². The third-order valence-electron chi connectivity index (χ3n) is 4.84. The standard InChI is InChI=1S/C16H23BrN2O/c1-12-10-19(6-7-20-12)16(11-18)5-4-13-8-15(17)3-2-14(13)9-16/h2-3,8,12H,4-7,9-11,18H2,1H3. The van der Waals surface area contributed by atoms with Gasteiger partial charge in [0.1, 0.15) is 0 Å². The molecule has 1 aliphatic carbocycles. The molecule has 2 N–H and O–H groups in total. The highest BCUT2D eigenvalue weighted by Gasteiger charge is 2.40. The molecule has 1 fully saturated rings. The molecule has 0 radical (unpaired) electrons. The molecule has 1 aromatic carbocycles. The van der Waals surface area contributed by atoms with Gasteiger partial charge in [-0.05, 0) is 49.4 Å². The zero-order valence-electron chi connectivity index (χ0n) is 12.1. The van der Waals surface area contributed by atoms with Gasteiger partial charge in [-0.3, -0.25) is 4.90 Å². The molecule has 2 unspecified atom stereocenters. The van der Waals surface area contributed by atoms with E-state index in [1.54, 1.807) is 0 Å². The molecule has 0 amide bonds. The van der Waals surface area contributed by atoms with E-state index in [2.05, 4.69) is 46.0 Å². The largest absolute Gasteiger partial charge is 0.376 e. The van der Waals surface area contributed by atoms with Crippen molar-refractivity contribution in [3.8, 4) is 0 Å². The number of ether oxygens (including phenoxy) is 1. The van der Waals surface area contributed by atoms with E-state index in [9.17, 15) is 0 Å². The van der Waals surface area contributed by atoms with Crippen molar-refractivity contribution in [1.29, 1.82) is 0 Å². The minimum atomic E-state index is 0.124. The molecule has 0 aromatic heterocycles. The Labute approximate surface area is 129 Å². The summed E-state index contributed by atoms with van der Waals surface area (Å²) in [5.41, 5.74) is 9.27. The second kappa shape index (κ2) is 5.76. The lowest BCUT2D eigenvalue weighted by Gasteiger charge is -2.49. The first-order chi connectivity index (χ1) is 9.63. The summed E-state index contributed by atoms with van der Waals surface area (Å²) in [5, 5.41) is 0. The normalized spacial score (nSPS) is 31.1. The second-order valence-electron chi connectivity index (χ2n) is 6.15.